The Morgan fingerprint density at radius 2 is 1.61 bits per heavy atom. The number of pyridine rings is 1. The molecular weight excluding hydrogens is 517 g/mol. The van der Waals surface area contributed by atoms with Gasteiger partial charge in [0.2, 0.25) is 9.84 Å². The van der Waals surface area contributed by atoms with Crippen LogP contribution in [0.5, 0.6) is 0 Å². The summed E-state index contributed by atoms with van der Waals surface area (Å²) in [6.45, 7) is 5.04. The summed E-state index contributed by atoms with van der Waals surface area (Å²) in [4.78, 5) is 8.92. The second-order valence-corrected chi connectivity index (χ2v) is 11.4. The number of hydrogen-bond acceptors (Lipinski definition) is 5. The molecule has 4 rings (SSSR count). The summed E-state index contributed by atoms with van der Waals surface area (Å²) in [5.74, 6) is 0.502. The Morgan fingerprint density at radius 3 is 2.25 bits per heavy atom. The molecular formula is C27H27Cl2N3O3S. The molecule has 9 heteroatoms. The number of hydrogen-bond donors (Lipinski definition) is 0. The van der Waals surface area contributed by atoms with Crippen molar-refractivity contribution in [1.29, 1.82) is 0 Å². The average molecular weight is 545 g/mol. The van der Waals surface area contributed by atoms with Crippen LogP contribution in [-0.4, -0.2) is 29.6 Å². The van der Waals surface area contributed by atoms with Gasteiger partial charge in [0, 0.05) is 28.9 Å². The molecule has 0 bridgehead atoms. The highest BCUT2D eigenvalue weighted by molar-refractivity contribution is 7.91. The largest absolute Gasteiger partial charge is 0.376 e. The molecule has 0 N–H and O–H groups in total. The minimum Gasteiger partial charge on any atom is -0.376 e. The fraction of sp³-hybridized carbons (Fsp3) is 0.259. The summed E-state index contributed by atoms with van der Waals surface area (Å²) in [5, 5.41) is 0.648. The van der Waals surface area contributed by atoms with Gasteiger partial charge < -0.3 is 9.30 Å². The Labute approximate surface area is 221 Å². The smallest absolute Gasteiger partial charge is 0.224 e. The van der Waals surface area contributed by atoms with Crippen molar-refractivity contribution < 1.29 is 13.2 Å². The van der Waals surface area contributed by atoms with Crippen molar-refractivity contribution in [2.75, 3.05) is 6.61 Å². The van der Waals surface area contributed by atoms with E-state index in [9.17, 15) is 8.42 Å². The summed E-state index contributed by atoms with van der Waals surface area (Å²) in [7, 11) is -3.99. The molecule has 0 saturated carbocycles. The van der Waals surface area contributed by atoms with Crippen LogP contribution in [0.15, 0.2) is 83.0 Å². The van der Waals surface area contributed by atoms with Gasteiger partial charge in [-0.05, 0) is 47.4 Å². The van der Waals surface area contributed by atoms with E-state index >= 15 is 0 Å². The van der Waals surface area contributed by atoms with Gasteiger partial charge in [0.15, 0.2) is 5.03 Å². The molecule has 0 aliphatic heterocycles. The first kappa shape index (κ1) is 26.4. The molecule has 2 heterocycles. The summed E-state index contributed by atoms with van der Waals surface area (Å²) >= 11 is 12.3. The van der Waals surface area contributed by atoms with E-state index < -0.39 is 9.84 Å². The standard InChI is InChI=1S/C27H27Cl2N3O3S/c1-19(2)26-27(36(33,34)24-15-22(28)14-23(29)16-24)32(17-20-8-11-30-12-9-20)25(31-26)10-13-35-18-21-6-4-3-5-7-21/h3-9,11-12,14-16,19H,10,13,17-18H2,1-2H3. The van der Waals surface area contributed by atoms with Crippen molar-refractivity contribution in [3.63, 3.8) is 0 Å². The topological polar surface area (TPSA) is 74.1 Å². The highest BCUT2D eigenvalue weighted by atomic mass is 35.5. The van der Waals surface area contributed by atoms with E-state index in [1.807, 2.05) is 56.3 Å². The molecule has 0 unspecified atom stereocenters. The van der Waals surface area contributed by atoms with Gasteiger partial charge in [-0.2, -0.15) is 0 Å². The fourth-order valence-corrected chi connectivity index (χ4v) is 6.37. The van der Waals surface area contributed by atoms with Crippen molar-refractivity contribution in [3.05, 3.63) is 106 Å². The Kier molecular flexibility index (Phi) is 8.46. The lowest BCUT2D eigenvalue weighted by atomic mass is 10.1. The second kappa shape index (κ2) is 11.6. The van der Waals surface area contributed by atoms with Crippen molar-refractivity contribution in [2.24, 2.45) is 0 Å². The van der Waals surface area contributed by atoms with E-state index in [4.69, 9.17) is 32.9 Å². The number of imidazole rings is 1. The molecule has 0 atom stereocenters. The highest BCUT2D eigenvalue weighted by Gasteiger charge is 2.31. The molecule has 0 radical (unpaired) electrons. The maximum absolute atomic E-state index is 14.0. The van der Waals surface area contributed by atoms with E-state index in [0.717, 1.165) is 11.1 Å². The third kappa shape index (κ3) is 6.16. The molecule has 2 aromatic heterocycles. The minimum atomic E-state index is -3.99. The van der Waals surface area contributed by atoms with Crippen LogP contribution in [0.2, 0.25) is 10.0 Å². The number of sulfone groups is 1. The number of halogens is 2. The van der Waals surface area contributed by atoms with Crippen LogP contribution < -0.4 is 0 Å². The van der Waals surface area contributed by atoms with Gasteiger partial charge in [0.1, 0.15) is 5.82 Å². The molecule has 188 valence electrons. The Balaban J connectivity index is 1.74. The van der Waals surface area contributed by atoms with Crippen LogP contribution in [0.3, 0.4) is 0 Å². The zero-order valence-corrected chi connectivity index (χ0v) is 22.4. The lowest BCUT2D eigenvalue weighted by molar-refractivity contribution is 0.122. The molecule has 0 spiro atoms. The van der Waals surface area contributed by atoms with Gasteiger partial charge in [0.25, 0.3) is 0 Å². The first-order valence-corrected chi connectivity index (χ1v) is 13.8. The first-order valence-electron chi connectivity index (χ1n) is 11.6. The highest BCUT2D eigenvalue weighted by Crippen LogP contribution is 2.33. The Morgan fingerprint density at radius 1 is 0.944 bits per heavy atom. The molecule has 0 amide bonds. The predicted octanol–water partition coefficient (Wildman–Crippen LogP) is 6.35. The van der Waals surface area contributed by atoms with Crippen molar-refractivity contribution in [3.8, 4) is 0 Å². The monoisotopic (exact) mass is 543 g/mol. The van der Waals surface area contributed by atoms with Gasteiger partial charge in [-0.3, -0.25) is 4.98 Å². The third-order valence-corrected chi connectivity index (χ3v) is 7.88. The molecule has 0 fully saturated rings. The molecule has 0 saturated heterocycles. The Hall–Kier alpha value is -2.71. The molecule has 6 nitrogen and oxygen atoms in total. The van der Waals surface area contributed by atoms with Crippen LogP contribution >= 0.6 is 23.2 Å². The van der Waals surface area contributed by atoms with E-state index in [0.29, 0.717) is 37.7 Å². The second-order valence-electron chi connectivity index (χ2n) is 8.71. The van der Waals surface area contributed by atoms with E-state index in [1.54, 1.807) is 17.0 Å². The molecule has 0 aliphatic rings. The molecule has 4 aromatic rings. The van der Waals surface area contributed by atoms with Crippen LogP contribution in [0.4, 0.5) is 0 Å². The van der Waals surface area contributed by atoms with Crippen LogP contribution in [0, 0.1) is 0 Å². The van der Waals surface area contributed by atoms with Gasteiger partial charge in [-0.25, -0.2) is 13.4 Å². The Bertz CT molecular complexity index is 1400. The number of nitrogens with zero attached hydrogens (tertiary/aromatic N) is 3. The average Bonchev–Trinajstić information content (AvgIpc) is 3.21. The lowest BCUT2D eigenvalue weighted by Crippen LogP contribution is -2.16. The van der Waals surface area contributed by atoms with E-state index in [2.05, 4.69) is 4.98 Å². The van der Waals surface area contributed by atoms with Crippen molar-refractivity contribution in [2.45, 2.75) is 49.3 Å². The number of benzene rings is 2. The van der Waals surface area contributed by atoms with Gasteiger partial charge in [-0.15, -0.1) is 0 Å². The predicted molar refractivity (Wildman–Crippen MR) is 141 cm³/mol. The number of ether oxygens (including phenoxy) is 1. The number of aromatic nitrogens is 3. The van der Waals surface area contributed by atoms with Crippen LogP contribution in [0.1, 0.15) is 42.4 Å². The lowest BCUT2D eigenvalue weighted by Gasteiger charge is -2.15. The normalized spacial score (nSPS) is 11.8. The van der Waals surface area contributed by atoms with Crippen molar-refractivity contribution >= 4 is 33.0 Å². The summed E-state index contributed by atoms with van der Waals surface area (Å²) < 4.78 is 35.6. The quantitative estimate of drug-likeness (QED) is 0.218. The van der Waals surface area contributed by atoms with Gasteiger partial charge in [0.05, 0.1) is 30.3 Å². The maximum Gasteiger partial charge on any atom is 0.224 e. The SMILES string of the molecule is CC(C)c1nc(CCOCc2ccccc2)n(Cc2ccncc2)c1S(=O)(=O)c1cc(Cl)cc(Cl)c1. The van der Waals surface area contributed by atoms with Gasteiger partial charge >= 0.3 is 0 Å². The van der Waals surface area contributed by atoms with Crippen LogP contribution in [0.25, 0.3) is 0 Å². The van der Waals surface area contributed by atoms with Crippen molar-refractivity contribution in [1.82, 2.24) is 14.5 Å². The summed E-state index contributed by atoms with van der Waals surface area (Å²) in [6, 6.07) is 18.0. The molecule has 2 aromatic carbocycles. The minimum absolute atomic E-state index is 0.0321. The fourth-order valence-electron chi connectivity index (χ4n) is 3.91. The summed E-state index contributed by atoms with van der Waals surface area (Å²) in [5.41, 5.74) is 2.48. The molecule has 36 heavy (non-hydrogen) atoms. The summed E-state index contributed by atoms with van der Waals surface area (Å²) in [6.07, 6.45) is 3.82. The third-order valence-electron chi connectivity index (χ3n) is 5.64. The van der Waals surface area contributed by atoms with Gasteiger partial charge in [-0.1, -0.05) is 67.4 Å². The zero-order chi connectivity index (χ0) is 25.7. The molecule has 0 aliphatic carbocycles. The zero-order valence-electron chi connectivity index (χ0n) is 20.1. The van der Waals surface area contributed by atoms with E-state index in [1.165, 1.54) is 18.2 Å². The maximum atomic E-state index is 14.0. The van der Waals surface area contributed by atoms with E-state index in [-0.39, 0.29) is 25.9 Å². The first-order chi connectivity index (χ1) is 17.3. The van der Waals surface area contributed by atoms with Crippen LogP contribution in [-0.2, 0) is 34.1 Å². The number of rotatable bonds is 10.